The number of carbonyl (C=O) groups excluding carboxylic acids is 1. The first-order valence-electron chi connectivity index (χ1n) is 6.09. The molecule has 0 bridgehead atoms. The van der Waals surface area contributed by atoms with Gasteiger partial charge in [0.1, 0.15) is 0 Å². The van der Waals surface area contributed by atoms with Crippen LogP contribution in [0.4, 0.5) is 0 Å². The Labute approximate surface area is 102 Å². The second-order valence-corrected chi connectivity index (χ2v) is 4.48. The molecule has 1 heterocycles. The lowest BCUT2D eigenvalue weighted by molar-refractivity contribution is -0.128. The molecule has 1 saturated heterocycles. The van der Waals surface area contributed by atoms with Crippen LogP contribution in [0.1, 0.15) is 24.8 Å². The number of rotatable bonds is 3. The van der Waals surface area contributed by atoms with E-state index in [0.29, 0.717) is 0 Å². The molecule has 1 unspecified atom stereocenters. The minimum Gasteiger partial charge on any atom is -0.293 e. The molecule has 17 heavy (non-hydrogen) atoms. The lowest BCUT2D eigenvalue weighted by Crippen LogP contribution is -2.50. The Kier molecular flexibility index (Phi) is 4.12. The van der Waals surface area contributed by atoms with E-state index in [4.69, 9.17) is 5.84 Å². The maximum absolute atomic E-state index is 11.7. The van der Waals surface area contributed by atoms with Crippen LogP contribution in [-0.2, 0) is 11.3 Å². The predicted octanol–water partition coefficient (Wildman–Crippen LogP) is 1.03. The van der Waals surface area contributed by atoms with Gasteiger partial charge in [0.25, 0.3) is 5.91 Å². The molecule has 1 aliphatic rings. The molecular formula is C13H19N3O. The van der Waals surface area contributed by atoms with Crippen LogP contribution in [0.3, 0.4) is 0 Å². The highest BCUT2D eigenvalue weighted by molar-refractivity contribution is 5.81. The third-order valence-corrected chi connectivity index (χ3v) is 3.29. The van der Waals surface area contributed by atoms with E-state index in [9.17, 15) is 4.79 Å². The van der Waals surface area contributed by atoms with Gasteiger partial charge in [0.2, 0.25) is 0 Å². The van der Waals surface area contributed by atoms with Crippen LogP contribution < -0.4 is 11.3 Å². The van der Waals surface area contributed by atoms with Crippen molar-refractivity contribution in [1.82, 2.24) is 10.3 Å². The van der Waals surface area contributed by atoms with Crippen molar-refractivity contribution in [2.24, 2.45) is 5.84 Å². The summed E-state index contributed by atoms with van der Waals surface area (Å²) < 4.78 is 0. The van der Waals surface area contributed by atoms with Gasteiger partial charge in [0.05, 0.1) is 6.04 Å². The number of hydrazine groups is 1. The lowest BCUT2D eigenvalue weighted by atomic mass is 10.0. The highest BCUT2D eigenvalue weighted by Crippen LogP contribution is 2.19. The van der Waals surface area contributed by atoms with E-state index >= 15 is 0 Å². The van der Waals surface area contributed by atoms with Crippen molar-refractivity contribution in [1.29, 1.82) is 0 Å². The highest BCUT2D eigenvalue weighted by Gasteiger charge is 2.27. The first-order valence-corrected chi connectivity index (χ1v) is 6.09. The third kappa shape index (κ3) is 3.05. The van der Waals surface area contributed by atoms with Gasteiger partial charge < -0.3 is 0 Å². The lowest BCUT2D eigenvalue weighted by Gasteiger charge is -2.34. The van der Waals surface area contributed by atoms with Crippen LogP contribution in [0.5, 0.6) is 0 Å². The number of amides is 1. The zero-order valence-corrected chi connectivity index (χ0v) is 9.93. The van der Waals surface area contributed by atoms with Crippen LogP contribution in [0, 0.1) is 0 Å². The number of likely N-dealkylation sites (tertiary alicyclic amines) is 1. The van der Waals surface area contributed by atoms with E-state index < -0.39 is 0 Å². The summed E-state index contributed by atoms with van der Waals surface area (Å²) >= 11 is 0. The second kappa shape index (κ2) is 5.80. The van der Waals surface area contributed by atoms with Crippen molar-refractivity contribution < 1.29 is 4.79 Å². The van der Waals surface area contributed by atoms with Gasteiger partial charge in [-0.3, -0.25) is 15.1 Å². The van der Waals surface area contributed by atoms with Crippen LogP contribution >= 0.6 is 0 Å². The maximum Gasteiger partial charge on any atom is 0.251 e. The second-order valence-electron chi connectivity index (χ2n) is 4.48. The van der Waals surface area contributed by atoms with E-state index in [1.165, 1.54) is 5.56 Å². The molecule has 0 spiro atoms. The Morgan fingerprint density at radius 3 is 2.82 bits per heavy atom. The summed E-state index contributed by atoms with van der Waals surface area (Å²) in [6, 6.07) is 10.2. The number of benzene rings is 1. The molecular weight excluding hydrogens is 214 g/mol. The summed E-state index contributed by atoms with van der Waals surface area (Å²) in [7, 11) is 0. The topological polar surface area (TPSA) is 58.4 Å². The Morgan fingerprint density at radius 2 is 2.12 bits per heavy atom. The molecule has 1 aliphatic heterocycles. The van der Waals surface area contributed by atoms with Crippen LogP contribution in [0.2, 0.25) is 0 Å². The molecule has 2 rings (SSSR count). The average Bonchev–Trinajstić information content (AvgIpc) is 2.40. The monoisotopic (exact) mass is 233 g/mol. The minimum atomic E-state index is -0.0750. The Morgan fingerprint density at radius 1 is 1.35 bits per heavy atom. The number of carbonyl (C=O) groups is 1. The molecule has 0 aliphatic carbocycles. The normalized spacial score (nSPS) is 21.1. The summed E-state index contributed by atoms with van der Waals surface area (Å²) in [5, 5.41) is 0. The van der Waals surface area contributed by atoms with Gasteiger partial charge in [0.15, 0.2) is 0 Å². The van der Waals surface area contributed by atoms with E-state index in [1.54, 1.807) is 0 Å². The van der Waals surface area contributed by atoms with Gasteiger partial charge in [-0.2, -0.15) is 0 Å². The smallest absolute Gasteiger partial charge is 0.251 e. The molecule has 0 saturated carbocycles. The van der Waals surface area contributed by atoms with E-state index in [-0.39, 0.29) is 11.9 Å². The fourth-order valence-corrected chi connectivity index (χ4v) is 2.39. The number of nitrogens with one attached hydrogen (secondary N) is 1. The molecule has 1 atom stereocenters. The van der Waals surface area contributed by atoms with Gasteiger partial charge >= 0.3 is 0 Å². The quantitative estimate of drug-likeness (QED) is 0.466. The first-order chi connectivity index (χ1) is 8.31. The molecule has 4 heteroatoms. The highest BCUT2D eigenvalue weighted by atomic mass is 16.2. The van der Waals surface area contributed by atoms with Crippen LogP contribution in [0.25, 0.3) is 0 Å². The molecule has 1 amide bonds. The molecule has 1 aromatic carbocycles. The van der Waals surface area contributed by atoms with Crippen molar-refractivity contribution >= 4 is 5.91 Å². The Bertz CT molecular complexity index is 366. The van der Waals surface area contributed by atoms with Crippen LogP contribution in [-0.4, -0.2) is 23.4 Å². The Hall–Kier alpha value is -1.39. The van der Waals surface area contributed by atoms with Crippen molar-refractivity contribution in [2.45, 2.75) is 31.8 Å². The summed E-state index contributed by atoms with van der Waals surface area (Å²) in [6.07, 6.45) is 3.15. The summed E-state index contributed by atoms with van der Waals surface area (Å²) in [5.41, 5.74) is 3.51. The van der Waals surface area contributed by atoms with Crippen molar-refractivity contribution in [2.75, 3.05) is 6.54 Å². The van der Waals surface area contributed by atoms with Crippen molar-refractivity contribution in [3.63, 3.8) is 0 Å². The SMILES string of the molecule is NNC(=O)C1CCCCN1Cc1ccccc1. The van der Waals surface area contributed by atoms with Crippen LogP contribution in [0.15, 0.2) is 30.3 Å². The van der Waals surface area contributed by atoms with E-state index in [2.05, 4.69) is 22.5 Å². The molecule has 0 aromatic heterocycles. The summed E-state index contributed by atoms with van der Waals surface area (Å²) in [4.78, 5) is 13.9. The van der Waals surface area contributed by atoms with Crippen molar-refractivity contribution in [3.8, 4) is 0 Å². The summed E-state index contributed by atoms with van der Waals surface area (Å²) in [6.45, 7) is 1.78. The van der Waals surface area contributed by atoms with E-state index in [0.717, 1.165) is 32.4 Å². The van der Waals surface area contributed by atoms with Gasteiger partial charge in [-0.25, -0.2) is 5.84 Å². The molecule has 3 N–H and O–H groups in total. The minimum absolute atomic E-state index is 0.0689. The van der Waals surface area contributed by atoms with Crippen molar-refractivity contribution in [3.05, 3.63) is 35.9 Å². The molecule has 1 aromatic rings. The van der Waals surface area contributed by atoms with E-state index in [1.807, 2.05) is 18.2 Å². The third-order valence-electron chi connectivity index (χ3n) is 3.29. The summed E-state index contributed by atoms with van der Waals surface area (Å²) in [5.74, 6) is 5.16. The number of hydrogen-bond donors (Lipinski definition) is 2. The molecule has 92 valence electrons. The average molecular weight is 233 g/mol. The number of piperidine rings is 1. The number of nitrogens with zero attached hydrogens (tertiary/aromatic N) is 1. The molecule has 1 fully saturated rings. The standard InChI is InChI=1S/C13H19N3O/c14-15-13(17)12-8-4-5-9-16(12)10-11-6-2-1-3-7-11/h1-3,6-7,12H,4-5,8-10,14H2,(H,15,17). The predicted molar refractivity (Wildman–Crippen MR) is 66.8 cm³/mol. The van der Waals surface area contributed by atoms with Gasteiger partial charge in [-0.15, -0.1) is 0 Å². The maximum atomic E-state index is 11.7. The fourth-order valence-electron chi connectivity index (χ4n) is 2.39. The Balaban J connectivity index is 2.04. The van der Waals surface area contributed by atoms with Gasteiger partial charge in [0, 0.05) is 6.54 Å². The zero-order chi connectivity index (χ0) is 12.1. The first kappa shape index (κ1) is 12.1. The largest absolute Gasteiger partial charge is 0.293 e. The van der Waals surface area contributed by atoms with Gasteiger partial charge in [-0.05, 0) is 24.9 Å². The number of nitrogens with two attached hydrogens (primary N) is 1. The zero-order valence-electron chi connectivity index (χ0n) is 9.93. The number of hydrogen-bond acceptors (Lipinski definition) is 3. The molecule has 0 radical (unpaired) electrons. The van der Waals surface area contributed by atoms with Gasteiger partial charge in [-0.1, -0.05) is 36.8 Å². The molecule has 4 nitrogen and oxygen atoms in total. The fraction of sp³-hybridized carbons (Fsp3) is 0.462.